The molecule has 0 saturated carbocycles. The van der Waals surface area contributed by atoms with Crippen LogP contribution in [0.25, 0.3) is 0 Å². The molecule has 84 valence electrons. The molecule has 0 radical (unpaired) electrons. The van der Waals surface area contributed by atoms with Crippen molar-refractivity contribution in [2.75, 3.05) is 13.1 Å². The summed E-state index contributed by atoms with van der Waals surface area (Å²) in [6, 6.07) is 0. The summed E-state index contributed by atoms with van der Waals surface area (Å²) in [6.45, 7) is 6.93. The van der Waals surface area contributed by atoms with Crippen molar-refractivity contribution in [1.82, 2.24) is 14.9 Å². The molecule has 1 N–H and O–H groups in total. The number of hydrogen-bond acceptors (Lipinski definition) is 2. The first-order chi connectivity index (χ1) is 7.20. The largest absolute Gasteiger partial charge is 0.337 e. The van der Waals surface area contributed by atoms with Crippen LogP contribution >= 0.6 is 0 Å². The van der Waals surface area contributed by atoms with E-state index in [4.69, 9.17) is 0 Å². The first kappa shape index (κ1) is 10.7. The lowest BCUT2D eigenvalue weighted by Gasteiger charge is -2.35. The van der Waals surface area contributed by atoms with Gasteiger partial charge in [-0.1, -0.05) is 13.8 Å². The molecule has 0 spiro atoms. The smallest absolute Gasteiger partial charge is 0.0945 e. The Morgan fingerprint density at radius 3 is 2.93 bits per heavy atom. The van der Waals surface area contributed by atoms with Crippen LogP contribution in [-0.2, 0) is 7.05 Å². The molecular weight excluding hydrogens is 186 g/mol. The number of nitrogens with one attached hydrogen (secondary N) is 1. The van der Waals surface area contributed by atoms with Crippen LogP contribution in [0.15, 0.2) is 12.5 Å². The molecule has 1 saturated heterocycles. The molecule has 1 aromatic rings. The SMILES string of the molecule is CC(C)C1CNCCC1c1cncn1C. The van der Waals surface area contributed by atoms with Crippen molar-refractivity contribution in [2.45, 2.75) is 26.2 Å². The molecule has 1 aliphatic heterocycles. The molecule has 15 heavy (non-hydrogen) atoms. The highest BCUT2D eigenvalue weighted by atomic mass is 15.0. The maximum atomic E-state index is 4.23. The Hall–Kier alpha value is -0.830. The van der Waals surface area contributed by atoms with Gasteiger partial charge >= 0.3 is 0 Å². The summed E-state index contributed by atoms with van der Waals surface area (Å²) in [5, 5.41) is 3.50. The Balaban J connectivity index is 2.21. The van der Waals surface area contributed by atoms with Crippen molar-refractivity contribution in [2.24, 2.45) is 18.9 Å². The Labute approximate surface area is 91.9 Å². The van der Waals surface area contributed by atoms with Gasteiger partial charge in [-0.15, -0.1) is 0 Å². The highest BCUT2D eigenvalue weighted by Crippen LogP contribution is 2.34. The van der Waals surface area contributed by atoms with Gasteiger partial charge in [0.1, 0.15) is 0 Å². The molecule has 2 atom stereocenters. The second kappa shape index (κ2) is 4.35. The predicted molar refractivity (Wildman–Crippen MR) is 61.8 cm³/mol. The Kier molecular flexibility index (Phi) is 3.10. The zero-order valence-electron chi connectivity index (χ0n) is 9.90. The molecule has 0 amide bonds. The molecule has 3 nitrogen and oxygen atoms in total. The van der Waals surface area contributed by atoms with Gasteiger partial charge in [-0.2, -0.15) is 0 Å². The van der Waals surface area contributed by atoms with Gasteiger partial charge in [0, 0.05) is 24.9 Å². The molecule has 0 bridgehead atoms. The summed E-state index contributed by atoms with van der Waals surface area (Å²) in [6.07, 6.45) is 5.18. The van der Waals surface area contributed by atoms with E-state index in [-0.39, 0.29) is 0 Å². The van der Waals surface area contributed by atoms with E-state index in [1.165, 1.54) is 12.1 Å². The van der Waals surface area contributed by atoms with Gasteiger partial charge in [0.15, 0.2) is 0 Å². The van der Waals surface area contributed by atoms with E-state index in [0.717, 1.165) is 24.9 Å². The first-order valence-electron chi connectivity index (χ1n) is 5.87. The predicted octanol–water partition coefficient (Wildman–Crippen LogP) is 1.77. The normalized spacial score (nSPS) is 27.2. The molecule has 2 unspecified atom stereocenters. The molecule has 0 aromatic carbocycles. The number of piperidine rings is 1. The summed E-state index contributed by atoms with van der Waals surface area (Å²) in [7, 11) is 2.10. The Morgan fingerprint density at radius 2 is 2.33 bits per heavy atom. The summed E-state index contributed by atoms with van der Waals surface area (Å²) in [5.41, 5.74) is 1.40. The minimum atomic E-state index is 0.679. The van der Waals surface area contributed by atoms with Crippen LogP contribution < -0.4 is 5.32 Å². The van der Waals surface area contributed by atoms with E-state index < -0.39 is 0 Å². The summed E-state index contributed by atoms with van der Waals surface area (Å²) in [5.74, 6) is 2.16. The lowest BCUT2D eigenvalue weighted by atomic mass is 9.77. The quantitative estimate of drug-likeness (QED) is 0.801. The molecule has 1 fully saturated rings. The van der Waals surface area contributed by atoms with Gasteiger partial charge in [0.05, 0.1) is 6.33 Å². The zero-order valence-corrected chi connectivity index (χ0v) is 9.90. The van der Waals surface area contributed by atoms with Crippen LogP contribution in [0.5, 0.6) is 0 Å². The monoisotopic (exact) mass is 207 g/mol. The Morgan fingerprint density at radius 1 is 1.53 bits per heavy atom. The third kappa shape index (κ3) is 2.07. The maximum absolute atomic E-state index is 4.23. The van der Waals surface area contributed by atoms with Crippen LogP contribution in [0.4, 0.5) is 0 Å². The number of aryl methyl sites for hydroxylation is 1. The van der Waals surface area contributed by atoms with E-state index in [1.54, 1.807) is 0 Å². The summed E-state index contributed by atoms with van der Waals surface area (Å²) >= 11 is 0. The highest BCUT2D eigenvalue weighted by Gasteiger charge is 2.30. The van der Waals surface area contributed by atoms with Gasteiger partial charge in [0.25, 0.3) is 0 Å². The molecular formula is C12H21N3. The molecule has 3 heteroatoms. The van der Waals surface area contributed by atoms with E-state index in [0.29, 0.717) is 5.92 Å². The van der Waals surface area contributed by atoms with Crippen LogP contribution in [-0.4, -0.2) is 22.6 Å². The molecule has 2 rings (SSSR count). The van der Waals surface area contributed by atoms with Crippen molar-refractivity contribution in [3.8, 4) is 0 Å². The van der Waals surface area contributed by atoms with Crippen LogP contribution in [0.1, 0.15) is 31.9 Å². The lowest BCUT2D eigenvalue weighted by molar-refractivity contribution is 0.248. The third-order valence-electron chi connectivity index (χ3n) is 3.62. The molecule has 1 aliphatic rings. The van der Waals surface area contributed by atoms with Gasteiger partial charge in [-0.25, -0.2) is 4.98 Å². The van der Waals surface area contributed by atoms with Gasteiger partial charge in [-0.3, -0.25) is 0 Å². The van der Waals surface area contributed by atoms with E-state index in [9.17, 15) is 0 Å². The summed E-state index contributed by atoms with van der Waals surface area (Å²) < 4.78 is 2.17. The van der Waals surface area contributed by atoms with Crippen molar-refractivity contribution in [3.63, 3.8) is 0 Å². The standard InChI is InChI=1S/C12H21N3/c1-9(2)11-6-13-5-4-10(11)12-7-14-8-15(12)3/h7-11,13H,4-6H2,1-3H3. The molecule has 0 aliphatic carbocycles. The van der Waals surface area contributed by atoms with Gasteiger partial charge in [0.2, 0.25) is 0 Å². The zero-order chi connectivity index (χ0) is 10.8. The number of rotatable bonds is 2. The fourth-order valence-corrected chi connectivity index (χ4v) is 2.67. The van der Waals surface area contributed by atoms with E-state index in [2.05, 4.69) is 35.8 Å². The average molecular weight is 207 g/mol. The van der Waals surface area contributed by atoms with E-state index >= 15 is 0 Å². The second-order valence-electron chi connectivity index (χ2n) is 4.94. The van der Waals surface area contributed by atoms with Gasteiger partial charge in [-0.05, 0) is 31.3 Å². The van der Waals surface area contributed by atoms with Crippen molar-refractivity contribution in [1.29, 1.82) is 0 Å². The highest BCUT2D eigenvalue weighted by molar-refractivity contribution is 5.10. The van der Waals surface area contributed by atoms with Crippen molar-refractivity contribution >= 4 is 0 Å². The number of aromatic nitrogens is 2. The molecule has 1 aromatic heterocycles. The minimum absolute atomic E-state index is 0.679. The van der Waals surface area contributed by atoms with Crippen molar-refractivity contribution in [3.05, 3.63) is 18.2 Å². The topological polar surface area (TPSA) is 29.9 Å². The first-order valence-corrected chi connectivity index (χ1v) is 5.87. The van der Waals surface area contributed by atoms with Crippen molar-refractivity contribution < 1.29 is 0 Å². The number of nitrogens with zero attached hydrogens (tertiary/aromatic N) is 2. The van der Waals surface area contributed by atoms with Crippen LogP contribution in [0.2, 0.25) is 0 Å². The third-order valence-corrected chi connectivity index (χ3v) is 3.62. The molecule has 2 heterocycles. The minimum Gasteiger partial charge on any atom is -0.337 e. The van der Waals surface area contributed by atoms with E-state index in [1.807, 2.05) is 12.5 Å². The summed E-state index contributed by atoms with van der Waals surface area (Å²) in [4.78, 5) is 4.23. The number of hydrogen-bond donors (Lipinski definition) is 1. The fourth-order valence-electron chi connectivity index (χ4n) is 2.67. The second-order valence-corrected chi connectivity index (χ2v) is 4.94. The maximum Gasteiger partial charge on any atom is 0.0945 e. The fraction of sp³-hybridized carbons (Fsp3) is 0.750. The number of imidazole rings is 1. The lowest BCUT2D eigenvalue weighted by Crippen LogP contribution is -2.38. The Bertz CT molecular complexity index is 316. The van der Waals surface area contributed by atoms with Crippen LogP contribution in [0.3, 0.4) is 0 Å². The average Bonchev–Trinajstić information content (AvgIpc) is 2.64. The van der Waals surface area contributed by atoms with Crippen LogP contribution in [0, 0.1) is 11.8 Å². The van der Waals surface area contributed by atoms with Gasteiger partial charge < -0.3 is 9.88 Å².